The van der Waals surface area contributed by atoms with Gasteiger partial charge in [0.05, 0.1) is 0 Å². The molecule has 0 radical (unpaired) electrons. The van der Waals surface area contributed by atoms with Crippen molar-refractivity contribution in [3.63, 3.8) is 0 Å². The Balaban J connectivity index is 1.89. The van der Waals surface area contributed by atoms with Crippen LogP contribution in [-0.2, 0) is 11.3 Å². The Morgan fingerprint density at radius 1 is 1.42 bits per heavy atom. The Labute approximate surface area is 121 Å². The second-order valence-electron chi connectivity index (χ2n) is 5.43. The van der Waals surface area contributed by atoms with Crippen molar-refractivity contribution in [1.82, 2.24) is 9.80 Å². The van der Waals surface area contributed by atoms with E-state index in [1.165, 1.54) is 30.8 Å². The fourth-order valence-corrected chi connectivity index (χ4v) is 3.49. The van der Waals surface area contributed by atoms with Crippen LogP contribution in [-0.4, -0.2) is 56.2 Å². The lowest BCUT2D eigenvalue weighted by molar-refractivity contribution is 0.101. The van der Waals surface area contributed by atoms with Gasteiger partial charge in [0.1, 0.15) is 0 Å². The molecule has 1 aliphatic rings. The van der Waals surface area contributed by atoms with Gasteiger partial charge in [0, 0.05) is 37.7 Å². The highest BCUT2D eigenvalue weighted by molar-refractivity contribution is 7.09. The van der Waals surface area contributed by atoms with Gasteiger partial charge in [0.2, 0.25) is 0 Å². The summed E-state index contributed by atoms with van der Waals surface area (Å²) >= 11 is 1.87. The summed E-state index contributed by atoms with van der Waals surface area (Å²) < 4.78 is 5.20. The lowest BCUT2D eigenvalue weighted by atomic mass is 10.0. The minimum absolute atomic E-state index is 0.746. The molecule has 0 atom stereocenters. The van der Waals surface area contributed by atoms with Crippen molar-refractivity contribution in [2.75, 3.05) is 40.4 Å². The zero-order valence-electron chi connectivity index (χ0n) is 12.2. The molecule has 0 N–H and O–H groups in total. The maximum absolute atomic E-state index is 5.20. The fraction of sp³-hybridized carbons (Fsp3) is 0.733. The lowest BCUT2D eigenvalue weighted by Gasteiger charge is -2.37. The van der Waals surface area contributed by atoms with Crippen molar-refractivity contribution in [2.45, 2.75) is 31.8 Å². The molecule has 3 nitrogen and oxygen atoms in total. The normalized spacial score (nSPS) is 18.3. The van der Waals surface area contributed by atoms with Crippen LogP contribution in [0.3, 0.4) is 0 Å². The summed E-state index contributed by atoms with van der Waals surface area (Å²) in [5.41, 5.74) is 0. The van der Waals surface area contributed by atoms with Crippen LogP contribution in [0.1, 0.15) is 24.1 Å². The maximum Gasteiger partial charge on any atom is 0.0474 e. The van der Waals surface area contributed by atoms with E-state index < -0.39 is 0 Å². The van der Waals surface area contributed by atoms with Crippen LogP contribution in [0.4, 0.5) is 0 Å². The van der Waals surface area contributed by atoms with E-state index in [9.17, 15) is 0 Å². The molecule has 2 rings (SSSR count). The minimum atomic E-state index is 0.746. The number of piperidine rings is 1. The van der Waals surface area contributed by atoms with Crippen molar-refractivity contribution in [2.24, 2.45) is 0 Å². The van der Waals surface area contributed by atoms with Crippen molar-refractivity contribution >= 4 is 11.3 Å². The standard InChI is InChI=1S/C15H26N2OS/c1-16-9-6-14(7-10-16)17(8-4-11-18-2)13-15-5-3-12-19-15/h3,5,12,14H,4,6-11,13H2,1-2H3. The van der Waals surface area contributed by atoms with Gasteiger partial charge in [0.15, 0.2) is 0 Å². The predicted octanol–water partition coefficient (Wildman–Crippen LogP) is 2.68. The smallest absolute Gasteiger partial charge is 0.0474 e. The molecule has 19 heavy (non-hydrogen) atoms. The molecule has 1 aromatic heterocycles. The molecular formula is C15H26N2OS. The largest absolute Gasteiger partial charge is 0.385 e. The van der Waals surface area contributed by atoms with E-state index in [0.717, 1.165) is 32.2 Å². The summed E-state index contributed by atoms with van der Waals surface area (Å²) in [4.78, 5) is 6.59. The molecular weight excluding hydrogens is 256 g/mol. The summed E-state index contributed by atoms with van der Waals surface area (Å²) in [6.45, 7) is 5.59. The average Bonchev–Trinajstić information content (AvgIpc) is 2.92. The Kier molecular flexibility index (Phi) is 6.31. The minimum Gasteiger partial charge on any atom is -0.385 e. The highest BCUT2D eigenvalue weighted by atomic mass is 32.1. The Morgan fingerprint density at radius 3 is 2.84 bits per heavy atom. The molecule has 1 saturated heterocycles. The Bertz CT molecular complexity index is 334. The van der Waals surface area contributed by atoms with Crippen molar-refractivity contribution < 1.29 is 4.74 Å². The van der Waals surface area contributed by atoms with Crippen molar-refractivity contribution in [3.05, 3.63) is 22.4 Å². The lowest BCUT2D eigenvalue weighted by Crippen LogP contribution is -2.43. The molecule has 108 valence electrons. The van der Waals surface area contributed by atoms with E-state index in [0.29, 0.717) is 0 Å². The SMILES string of the molecule is COCCCN(Cc1cccs1)C1CCN(C)CC1. The number of likely N-dealkylation sites (tertiary alicyclic amines) is 1. The first-order chi connectivity index (χ1) is 9.29. The molecule has 0 saturated carbocycles. The van der Waals surface area contributed by atoms with Gasteiger partial charge in [0.25, 0.3) is 0 Å². The van der Waals surface area contributed by atoms with Gasteiger partial charge < -0.3 is 9.64 Å². The number of nitrogens with zero attached hydrogens (tertiary/aromatic N) is 2. The molecule has 0 aliphatic carbocycles. The van der Waals surface area contributed by atoms with Crippen LogP contribution in [0.2, 0.25) is 0 Å². The third-order valence-electron chi connectivity index (χ3n) is 3.94. The monoisotopic (exact) mass is 282 g/mol. The quantitative estimate of drug-likeness (QED) is 0.715. The second kappa shape index (κ2) is 8.00. The number of methoxy groups -OCH3 is 1. The zero-order chi connectivity index (χ0) is 13.5. The van der Waals surface area contributed by atoms with E-state index in [1.54, 1.807) is 7.11 Å². The highest BCUT2D eigenvalue weighted by Gasteiger charge is 2.23. The first-order valence-electron chi connectivity index (χ1n) is 7.23. The summed E-state index contributed by atoms with van der Waals surface area (Å²) in [5.74, 6) is 0. The molecule has 1 fully saturated rings. The number of hydrogen-bond donors (Lipinski definition) is 0. The number of rotatable bonds is 7. The Morgan fingerprint density at radius 2 is 2.21 bits per heavy atom. The van der Waals surface area contributed by atoms with Gasteiger partial charge in [-0.2, -0.15) is 0 Å². The van der Waals surface area contributed by atoms with Gasteiger partial charge in [-0.1, -0.05) is 6.07 Å². The molecule has 0 aromatic carbocycles. The zero-order valence-corrected chi connectivity index (χ0v) is 13.0. The van der Waals surface area contributed by atoms with E-state index in [4.69, 9.17) is 4.74 Å². The summed E-state index contributed by atoms with van der Waals surface area (Å²) in [6, 6.07) is 5.15. The number of hydrogen-bond acceptors (Lipinski definition) is 4. The van der Waals surface area contributed by atoms with Crippen LogP contribution in [0.5, 0.6) is 0 Å². The molecule has 1 aliphatic heterocycles. The second-order valence-corrected chi connectivity index (χ2v) is 6.46. The van der Waals surface area contributed by atoms with Gasteiger partial charge in [-0.25, -0.2) is 0 Å². The first-order valence-corrected chi connectivity index (χ1v) is 8.11. The molecule has 0 bridgehead atoms. The van der Waals surface area contributed by atoms with Crippen LogP contribution < -0.4 is 0 Å². The van der Waals surface area contributed by atoms with Crippen LogP contribution in [0, 0.1) is 0 Å². The molecule has 4 heteroatoms. The van der Waals surface area contributed by atoms with Crippen molar-refractivity contribution in [1.29, 1.82) is 0 Å². The van der Waals surface area contributed by atoms with E-state index >= 15 is 0 Å². The summed E-state index contributed by atoms with van der Waals surface area (Å²) in [6.07, 6.45) is 3.73. The third-order valence-corrected chi connectivity index (χ3v) is 4.80. The molecule has 2 heterocycles. The molecule has 0 unspecified atom stereocenters. The topological polar surface area (TPSA) is 15.7 Å². The van der Waals surface area contributed by atoms with E-state index in [-0.39, 0.29) is 0 Å². The van der Waals surface area contributed by atoms with Gasteiger partial charge in [-0.05, 0) is 50.8 Å². The van der Waals surface area contributed by atoms with E-state index in [2.05, 4.69) is 34.4 Å². The maximum atomic E-state index is 5.20. The summed E-state index contributed by atoms with van der Waals surface area (Å²) in [5, 5.41) is 2.18. The van der Waals surface area contributed by atoms with Gasteiger partial charge >= 0.3 is 0 Å². The van der Waals surface area contributed by atoms with Crippen LogP contribution in [0.15, 0.2) is 17.5 Å². The van der Waals surface area contributed by atoms with Gasteiger partial charge in [-0.3, -0.25) is 4.90 Å². The predicted molar refractivity (Wildman–Crippen MR) is 81.7 cm³/mol. The van der Waals surface area contributed by atoms with Crippen LogP contribution in [0.25, 0.3) is 0 Å². The average molecular weight is 282 g/mol. The molecule has 0 spiro atoms. The van der Waals surface area contributed by atoms with Gasteiger partial charge in [-0.15, -0.1) is 11.3 Å². The van der Waals surface area contributed by atoms with E-state index in [1.807, 2.05) is 11.3 Å². The van der Waals surface area contributed by atoms with Crippen LogP contribution >= 0.6 is 11.3 Å². The first kappa shape index (κ1) is 15.0. The number of thiophene rings is 1. The molecule has 1 aromatic rings. The molecule has 0 amide bonds. The fourth-order valence-electron chi connectivity index (χ4n) is 2.77. The van der Waals surface area contributed by atoms with Crippen molar-refractivity contribution in [3.8, 4) is 0 Å². The summed E-state index contributed by atoms with van der Waals surface area (Å²) in [7, 11) is 4.02. The third kappa shape index (κ3) is 4.88. The highest BCUT2D eigenvalue weighted by Crippen LogP contribution is 2.20. The number of ether oxygens (including phenoxy) is 1. The Hall–Kier alpha value is -0.420.